The van der Waals surface area contributed by atoms with Crippen molar-refractivity contribution in [3.8, 4) is 0 Å². The van der Waals surface area contributed by atoms with Gasteiger partial charge in [0.15, 0.2) is 0 Å². The first-order valence-corrected chi connectivity index (χ1v) is 13.2. The van der Waals surface area contributed by atoms with Crippen LogP contribution in [-0.4, -0.2) is 31.3 Å². The van der Waals surface area contributed by atoms with Crippen LogP contribution in [0.1, 0.15) is 36.1 Å². The van der Waals surface area contributed by atoms with Gasteiger partial charge in [0.25, 0.3) is 5.91 Å². The molecule has 0 spiro atoms. The standard InChI is InChI=1S/C23H26N2O5S2/c26-23(24-27)20(12-13-31-15-16-6-2-1-3-7-16)25-32(28,29)17-10-11-19-18-8-4-5-9-21(18)30-22(19)14-17/h1-3,6-7,10-11,14,20,25,27H,4-5,8-9,12-13,15H2,(H,24,26). The maximum atomic E-state index is 13.0. The number of aryl methyl sites for hydroxylation is 2. The maximum absolute atomic E-state index is 13.0. The molecule has 1 aliphatic rings. The van der Waals surface area contributed by atoms with Crippen LogP contribution in [0.2, 0.25) is 0 Å². The van der Waals surface area contributed by atoms with Crippen molar-refractivity contribution < 1.29 is 22.8 Å². The lowest BCUT2D eigenvalue weighted by molar-refractivity contribution is -0.130. The third-order valence-electron chi connectivity index (χ3n) is 5.63. The van der Waals surface area contributed by atoms with Crippen molar-refractivity contribution in [1.82, 2.24) is 10.2 Å². The topological polar surface area (TPSA) is 109 Å². The third-order valence-corrected chi connectivity index (χ3v) is 8.16. The molecule has 1 heterocycles. The number of thioether (sulfide) groups is 1. The van der Waals surface area contributed by atoms with Crippen LogP contribution in [0.25, 0.3) is 11.0 Å². The molecule has 0 saturated carbocycles. The fourth-order valence-corrected chi connectivity index (χ4v) is 6.17. The predicted molar refractivity (Wildman–Crippen MR) is 124 cm³/mol. The van der Waals surface area contributed by atoms with Crippen molar-refractivity contribution in [2.24, 2.45) is 0 Å². The van der Waals surface area contributed by atoms with E-state index in [1.165, 1.54) is 12.1 Å². The molecule has 7 nitrogen and oxygen atoms in total. The number of benzene rings is 2. The summed E-state index contributed by atoms with van der Waals surface area (Å²) in [6, 6.07) is 13.6. The summed E-state index contributed by atoms with van der Waals surface area (Å²) in [5, 5.41) is 10.0. The Kier molecular flexibility index (Phi) is 7.20. The zero-order chi connectivity index (χ0) is 22.6. The predicted octanol–water partition coefficient (Wildman–Crippen LogP) is 3.79. The third kappa shape index (κ3) is 5.17. The Morgan fingerprint density at radius 1 is 1.12 bits per heavy atom. The number of amides is 1. The zero-order valence-electron chi connectivity index (χ0n) is 17.5. The van der Waals surface area contributed by atoms with Crippen LogP contribution in [0.15, 0.2) is 57.8 Å². The van der Waals surface area contributed by atoms with Crippen LogP contribution in [0.4, 0.5) is 0 Å². The lowest BCUT2D eigenvalue weighted by Gasteiger charge is -2.17. The highest BCUT2D eigenvalue weighted by Crippen LogP contribution is 2.33. The van der Waals surface area contributed by atoms with E-state index in [2.05, 4.69) is 4.72 Å². The van der Waals surface area contributed by atoms with E-state index < -0.39 is 22.0 Å². The molecule has 0 fully saturated rings. The van der Waals surface area contributed by atoms with Crippen molar-refractivity contribution in [3.63, 3.8) is 0 Å². The summed E-state index contributed by atoms with van der Waals surface area (Å²) in [5.41, 5.74) is 4.42. The smallest absolute Gasteiger partial charge is 0.261 e. The molecule has 3 N–H and O–H groups in total. The minimum atomic E-state index is -3.99. The summed E-state index contributed by atoms with van der Waals surface area (Å²) in [5.74, 6) is 1.44. The van der Waals surface area contributed by atoms with Gasteiger partial charge in [0.2, 0.25) is 10.0 Å². The molecule has 3 aromatic rings. The SMILES string of the molecule is O=C(NO)C(CCSCc1ccccc1)NS(=O)(=O)c1ccc2c3c(oc2c1)CCCC3. The molecule has 32 heavy (non-hydrogen) atoms. The molecule has 1 amide bonds. The first kappa shape index (κ1) is 22.8. The average molecular weight is 475 g/mol. The summed E-state index contributed by atoms with van der Waals surface area (Å²) in [4.78, 5) is 12.1. The van der Waals surface area contributed by atoms with Crippen LogP contribution in [0.5, 0.6) is 0 Å². The van der Waals surface area contributed by atoms with Crippen LogP contribution in [0.3, 0.4) is 0 Å². The molecule has 170 valence electrons. The van der Waals surface area contributed by atoms with E-state index >= 15 is 0 Å². The van der Waals surface area contributed by atoms with Gasteiger partial charge in [-0.3, -0.25) is 10.0 Å². The number of hydrogen-bond donors (Lipinski definition) is 3. The summed E-state index contributed by atoms with van der Waals surface area (Å²) >= 11 is 1.59. The van der Waals surface area contributed by atoms with Gasteiger partial charge < -0.3 is 4.42 Å². The van der Waals surface area contributed by atoms with Gasteiger partial charge in [0.05, 0.1) is 4.90 Å². The van der Waals surface area contributed by atoms with Gasteiger partial charge in [-0.1, -0.05) is 30.3 Å². The maximum Gasteiger partial charge on any atom is 0.261 e. The van der Waals surface area contributed by atoms with Gasteiger partial charge in [-0.15, -0.1) is 0 Å². The summed E-state index contributed by atoms with van der Waals surface area (Å²) in [6.45, 7) is 0. The summed E-state index contributed by atoms with van der Waals surface area (Å²) in [7, 11) is -3.99. The number of hydroxylamine groups is 1. The first-order chi connectivity index (χ1) is 15.5. The Bertz CT molecular complexity index is 1190. The number of nitrogens with one attached hydrogen (secondary N) is 2. The fraction of sp³-hybridized carbons (Fsp3) is 0.348. The number of carbonyl (C=O) groups is 1. The normalized spacial score (nSPS) is 14.8. The van der Waals surface area contributed by atoms with E-state index in [1.54, 1.807) is 23.3 Å². The average Bonchev–Trinajstić information content (AvgIpc) is 3.19. The van der Waals surface area contributed by atoms with Gasteiger partial charge in [0, 0.05) is 29.2 Å². The van der Waals surface area contributed by atoms with Crippen LogP contribution in [0, 0.1) is 0 Å². The number of furan rings is 1. The Morgan fingerprint density at radius 2 is 1.91 bits per heavy atom. The monoisotopic (exact) mass is 474 g/mol. The number of fused-ring (bicyclic) bond motifs is 3. The van der Waals surface area contributed by atoms with Crippen LogP contribution < -0.4 is 10.2 Å². The van der Waals surface area contributed by atoms with Gasteiger partial charge in [0.1, 0.15) is 17.4 Å². The Labute approximate surface area is 191 Å². The highest BCUT2D eigenvalue weighted by molar-refractivity contribution is 7.98. The van der Waals surface area contributed by atoms with Crippen molar-refractivity contribution in [3.05, 3.63) is 65.4 Å². The Hall–Kier alpha value is -2.33. The second kappa shape index (κ2) is 10.1. The first-order valence-electron chi connectivity index (χ1n) is 10.6. The summed E-state index contributed by atoms with van der Waals surface area (Å²) in [6.07, 6.45) is 4.21. The highest BCUT2D eigenvalue weighted by Gasteiger charge is 2.27. The van der Waals surface area contributed by atoms with Crippen LogP contribution >= 0.6 is 11.8 Å². The molecule has 0 saturated heterocycles. The Balaban J connectivity index is 1.45. The molecule has 0 aliphatic heterocycles. The van der Waals surface area contributed by atoms with Gasteiger partial charge in [-0.2, -0.15) is 16.5 Å². The number of carbonyl (C=O) groups excluding carboxylic acids is 1. The molecule has 1 unspecified atom stereocenters. The minimum Gasteiger partial charge on any atom is -0.461 e. The van der Waals surface area contributed by atoms with Crippen LogP contribution in [-0.2, 0) is 33.4 Å². The zero-order valence-corrected chi connectivity index (χ0v) is 19.2. The number of hydrogen-bond acceptors (Lipinski definition) is 6. The highest BCUT2D eigenvalue weighted by atomic mass is 32.2. The molecule has 0 radical (unpaired) electrons. The number of rotatable bonds is 9. The second-order valence-electron chi connectivity index (χ2n) is 7.85. The van der Waals surface area contributed by atoms with E-state index in [9.17, 15) is 13.2 Å². The van der Waals surface area contributed by atoms with Gasteiger partial charge in [-0.25, -0.2) is 13.9 Å². The molecule has 4 rings (SSSR count). The van der Waals surface area contributed by atoms with E-state index in [0.717, 1.165) is 53.7 Å². The molecule has 1 aromatic heterocycles. The van der Waals surface area contributed by atoms with Crippen molar-refractivity contribution in [2.75, 3.05) is 5.75 Å². The van der Waals surface area contributed by atoms with E-state index in [0.29, 0.717) is 11.3 Å². The lowest BCUT2D eigenvalue weighted by atomic mass is 9.96. The molecule has 9 heteroatoms. The molecule has 1 aliphatic carbocycles. The summed E-state index contributed by atoms with van der Waals surface area (Å²) < 4.78 is 34.3. The molecule has 2 aromatic carbocycles. The van der Waals surface area contributed by atoms with Gasteiger partial charge >= 0.3 is 0 Å². The molecular weight excluding hydrogens is 448 g/mol. The van der Waals surface area contributed by atoms with E-state index in [1.807, 2.05) is 30.3 Å². The Morgan fingerprint density at radius 3 is 2.69 bits per heavy atom. The molecular formula is C23H26N2O5S2. The molecule has 1 atom stereocenters. The minimum absolute atomic E-state index is 0.0313. The largest absolute Gasteiger partial charge is 0.461 e. The second-order valence-corrected chi connectivity index (χ2v) is 10.7. The quantitative estimate of drug-likeness (QED) is 0.247. The molecule has 0 bridgehead atoms. The van der Waals surface area contributed by atoms with E-state index in [4.69, 9.17) is 9.62 Å². The van der Waals surface area contributed by atoms with E-state index in [-0.39, 0.29) is 11.3 Å². The van der Waals surface area contributed by atoms with Crippen molar-refractivity contribution in [1.29, 1.82) is 0 Å². The van der Waals surface area contributed by atoms with Gasteiger partial charge in [-0.05, 0) is 49.1 Å². The lowest BCUT2D eigenvalue weighted by Crippen LogP contribution is -2.46. The fourth-order valence-electron chi connectivity index (χ4n) is 3.95. The number of sulfonamides is 1. The van der Waals surface area contributed by atoms with Crippen molar-refractivity contribution >= 4 is 38.7 Å². The van der Waals surface area contributed by atoms with Crippen molar-refractivity contribution in [2.45, 2.75) is 48.8 Å².